The molecule has 110 valence electrons. The maximum absolute atomic E-state index is 12.2. The van der Waals surface area contributed by atoms with E-state index in [9.17, 15) is 9.59 Å². The summed E-state index contributed by atoms with van der Waals surface area (Å²) >= 11 is 6.01. The van der Waals surface area contributed by atoms with Gasteiger partial charge in [-0.15, -0.1) is 0 Å². The van der Waals surface area contributed by atoms with Crippen LogP contribution in [-0.2, 0) is 4.79 Å². The van der Waals surface area contributed by atoms with Crippen LogP contribution in [-0.4, -0.2) is 24.2 Å². The van der Waals surface area contributed by atoms with E-state index in [4.69, 9.17) is 17.3 Å². The first-order valence-electron chi connectivity index (χ1n) is 6.60. The Morgan fingerprint density at radius 2 is 1.91 bits per heavy atom. The number of anilines is 1. The summed E-state index contributed by atoms with van der Waals surface area (Å²) in [5.74, 6) is -0.484. The van der Waals surface area contributed by atoms with Gasteiger partial charge in [-0.3, -0.25) is 9.79 Å². The highest BCUT2D eigenvalue weighted by atomic mass is 35.5. The number of urea groups is 1. The van der Waals surface area contributed by atoms with Gasteiger partial charge in [-0.2, -0.15) is 0 Å². The summed E-state index contributed by atoms with van der Waals surface area (Å²) in [5.41, 5.74) is 7.82. The number of carbonyl (C=O) groups excluding carboxylic acids is 2. The monoisotopic (exact) mass is 313 g/mol. The third kappa shape index (κ3) is 2.46. The fraction of sp³-hybridized carbons (Fsp3) is 0.0625. The number of fused-ring (bicyclic) bond motifs is 1. The van der Waals surface area contributed by atoms with Crippen LogP contribution < -0.4 is 10.6 Å². The summed E-state index contributed by atoms with van der Waals surface area (Å²) in [6, 6.07) is 13.6. The molecule has 2 aromatic rings. The van der Waals surface area contributed by atoms with E-state index in [2.05, 4.69) is 4.99 Å². The van der Waals surface area contributed by atoms with Gasteiger partial charge in [-0.25, -0.2) is 9.69 Å². The number of benzene rings is 2. The molecule has 0 saturated heterocycles. The van der Waals surface area contributed by atoms with Crippen molar-refractivity contribution >= 4 is 34.9 Å². The summed E-state index contributed by atoms with van der Waals surface area (Å²) in [6.45, 7) is -0.153. The predicted octanol–water partition coefficient (Wildman–Crippen LogP) is 2.60. The first-order valence-corrected chi connectivity index (χ1v) is 6.98. The van der Waals surface area contributed by atoms with Crippen molar-refractivity contribution in [3.8, 4) is 0 Å². The molecule has 3 amide bonds. The van der Waals surface area contributed by atoms with Crippen molar-refractivity contribution in [1.82, 2.24) is 0 Å². The third-order valence-electron chi connectivity index (χ3n) is 3.35. The zero-order chi connectivity index (χ0) is 15.7. The van der Waals surface area contributed by atoms with Crippen molar-refractivity contribution in [1.29, 1.82) is 0 Å². The van der Waals surface area contributed by atoms with Gasteiger partial charge in [0, 0.05) is 16.1 Å². The highest BCUT2D eigenvalue weighted by Gasteiger charge is 2.28. The first-order chi connectivity index (χ1) is 10.6. The molecule has 2 aromatic carbocycles. The number of nitrogens with zero attached hydrogens (tertiary/aromatic N) is 2. The number of benzodiazepines with no additional fused rings is 1. The number of imide groups is 1. The summed E-state index contributed by atoms with van der Waals surface area (Å²) < 4.78 is 0. The molecule has 0 bridgehead atoms. The topological polar surface area (TPSA) is 75.8 Å². The molecule has 2 N–H and O–H groups in total. The molecule has 1 aliphatic heterocycles. The molecule has 0 radical (unpaired) electrons. The molecular weight excluding hydrogens is 302 g/mol. The molecule has 5 nitrogen and oxygen atoms in total. The largest absolute Gasteiger partial charge is 0.351 e. The predicted molar refractivity (Wildman–Crippen MR) is 85.5 cm³/mol. The van der Waals surface area contributed by atoms with Gasteiger partial charge in [0.25, 0.3) is 5.91 Å². The molecular formula is C16H12ClN3O2. The van der Waals surface area contributed by atoms with Gasteiger partial charge in [-0.05, 0) is 18.2 Å². The Labute approximate surface area is 132 Å². The molecule has 1 aliphatic rings. The molecule has 0 aliphatic carbocycles. The lowest BCUT2D eigenvalue weighted by Gasteiger charge is -2.19. The Bertz CT molecular complexity index is 787. The Morgan fingerprint density at radius 3 is 2.59 bits per heavy atom. The molecule has 6 heteroatoms. The SMILES string of the molecule is NC(=O)N1C(=O)CN=C(c2ccccc2)c2ccc(Cl)cc21. The lowest BCUT2D eigenvalue weighted by atomic mass is 10.0. The van der Waals surface area contributed by atoms with E-state index in [1.807, 2.05) is 30.3 Å². The van der Waals surface area contributed by atoms with E-state index in [-0.39, 0.29) is 6.54 Å². The molecule has 0 fully saturated rings. The lowest BCUT2D eigenvalue weighted by Crippen LogP contribution is -2.42. The minimum atomic E-state index is -0.849. The minimum absolute atomic E-state index is 0.153. The lowest BCUT2D eigenvalue weighted by molar-refractivity contribution is -0.116. The second-order valence-electron chi connectivity index (χ2n) is 4.76. The zero-order valence-electron chi connectivity index (χ0n) is 11.5. The molecule has 0 spiro atoms. The van der Waals surface area contributed by atoms with Gasteiger partial charge in [0.15, 0.2) is 0 Å². The van der Waals surface area contributed by atoms with E-state index in [0.717, 1.165) is 10.5 Å². The number of amides is 3. The highest BCUT2D eigenvalue weighted by molar-refractivity contribution is 6.32. The number of halogens is 1. The van der Waals surface area contributed by atoms with Crippen LogP contribution in [0.5, 0.6) is 0 Å². The Morgan fingerprint density at radius 1 is 1.18 bits per heavy atom. The fourth-order valence-electron chi connectivity index (χ4n) is 2.41. The average Bonchev–Trinajstić information content (AvgIpc) is 2.63. The number of nitrogens with two attached hydrogens (primary N) is 1. The van der Waals surface area contributed by atoms with Crippen molar-refractivity contribution in [2.75, 3.05) is 11.4 Å². The van der Waals surface area contributed by atoms with Crippen molar-refractivity contribution in [3.63, 3.8) is 0 Å². The van der Waals surface area contributed by atoms with Crippen molar-refractivity contribution < 1.29 is 9.59 Å². The maximum atomic E-state index is 12.2. The molecule has 3 rings (SSSR count). The number of primary amides is 1. The van der Waals surface area contributed by atoms with Crippen LogP contribution in [0.25, 0.3) is 0 Å². The van der Waals surface area contributed by atoms with Gasteiger partial charge in [-0.1, -0.05) is 41.9 Å². The first kappa shape index (κ1) is 14.3. The van der Waals surface area contributed by atoms with Crippen LogP contribution in [0.3, 0.4) is 0 Å². The second-order valence-corrected chi connectivity index (χ2v) is 5.20. The molecule has 0 atom stereocenters. The van der Waals surface area contributed by atoms with E-state index in [0.29, 0.717) is 22.0 Å². The standard InChI is InChI=1S/C16H12ClN3O2/c17-11-6-7-12-13(8-11)20(16(18)22)14(21)9-19-15(12)10-4-2-1-3-5-10/h1-8H,9H2,(H2,18,22). The third-order valence-corrected chi connectivity index (χ3v) is 3.58. The van der Waals surface area contributed by atoms with E-state index >= 15 is 0 Å². The van der Waals surface area contributed by atoms with Gasteiger partial charge in [0.05, 0.1) is 11.4 Å². The van der Waals surface area contributed by atoms with Crippen molar-refractivity contribution in [2.24, 2.45) is 10.7 Å². The van der Waals surface area contributed by atoms with Crippen LogP contribution in [0, 0.1) is 0 Å². The van der Waals surface area contributed by atoms with Crippen LogP contribution in [0.2, 0.25) is 5.02 Å². The van der Waals surface area contributed by atoms with E-state index < -0.39 is 11.9 Å². The number of aliphatic imine (C=N–C) groups is 1. The highest BCUT2D eigenvalue weighted by Crippen LogP contribution is 2.29. The van der Waals surface area contributed by atoms with Crippen LogP contribution >= 0.6 is 11.6 Å². The van der Waals surface area contributed by atoms with Crippen LogP contribution in [0.1, 0.15) is 11.1 Å². The van der Waals surface area contributed by atoms with E-state index in [1.54, 1.807) is 18.2 Å². The molecule has 1 heterocycles. The van der Waals surface area contributed by atoms with E-state index in [1.165, 1.54) is 0 Å². The number of hydrogen-bond donors (Lipinski definition) is 1. The maximum Gasteiger partial charge on any atom is 0.326 e. The molecule has 22 heavy (non-hydrogen) atoms. The van der Waals surface area contributed by atoms with Crippen molar-refractivity contribution in [3.05, 3.63) is 64.7 Å². The van der Waals surface area contributed by atoms with Gasteiger partial charge >= 0.3 is 6.03 Å². The number of rotatable bonds is 1. The summed E-state index contributed by atoms with van der Waals surface area (Å²) in [4.78, 5) is 29.1. The average molecular weight is 314 g/mol. The molecule has 0 saturated carbocycles. The summed E-state index contributed by atoms with van der Waals surface area (Å²) in [6.07, 6.45) is 0. The molecule has 0 unspecified atom stereocenters. The Hall–Kier alpha value is -2.66. The Balaban J connectivity index is 2.24. The quantitative estimate of drug-likeness (QED) is 0.878. The normalized spacial score (nSPS) is 14.1. The molecule has 0 aromatic heterocycles. The van der Waals surface area contributed by atoms with Crippen LogP contribution in [0.15, 0.2) is 53.5 Å². The summed E-state index contributed by atoms with van der Waals surface area (Å²) in [5, 5.41) is 0.409. The summed E-state index contributed by atoms with van der Waals surface area (Å²) in [7, 11) is 0. The second kappa shape index (κ2) is 5.61. The number of hydrogen-bond acceptors (Lipinski definition) is 3. The van der Waals surface area contributed by atoms with Crippen molar-refractivity contribution in [2.45, 2.75) is 0 Å². The Kier molecular flexibility index (Phi) is 3.65. The van der Waals surface area contributed by atoms with Crippen LogP contribution in [0.4, 0.5) is 10.5 Å². The van der Waals surface area contributed by atoms with Gasteiger partial charge < -0.3 is 5.73 Å². The van der Waals surface area contributed by atoms with Gasteiger partial charge in [0.1, 0.15) is 6.54 Å². The minimum Gasteiger partial charge on any atom is -0.351 e. The zero-order valence-corrected chi connectivity index (χ0v) is 12.2. The van der Waals surface area contributed by atoms with Gasteiger partial charge in [0.2, 0.25) is 0 Å². The number of carbonyl (C=O) groups is 2. The smallest absolute Gasteiger partial charge is 0.326 e. The fourth-order valence-corrected chi connectivity index (χ4v) is 2.58.